The molecule has 0 amide bonds. The Morgan fingerprint density at radius 1 is 1.47 bits per heavy atom. The molecule has 0 spiro atoms. The van der Waals surface area contributed by atoms with Crippen molar-refractivity contribution in [1.82, 2.24) is 0 Å². The van der Waals surface area contributed by atoms with Crippen molar-refractivity contribution in [2.24, 2.45) is 0 Å². The third-order valence-electron chi connectivity index (χ3n) is 3.56. The molecule has 0 aromatic heterocycles. The number of rotatable bonds is 6. The molecule has 0 bridgehead atoms. The van der Waals surface area contributed by atoms with Gasteiger partial charge in [0, 0.05) is 18.8 Å². The number of fused-ring (bicyclic) bond motifs is 1. The van der Waals surface area contributed by atoms with Gasteiger partial charge >= 0.3 is 5.97 Å². The highest BCUT2D eigenvalue weighted by Gasteiger charge is 2.29. The number of aliphatic carboxylic acids is 1. The number of anilines is 1. The Morgan fingerprint density at radius 3 is 3.00 bits per heavy atom. The minimum absolute atomic E-state index is 0.336. The molecule has 0 aliphatic carbocycles. The van der Waals surface area contributed by atoms with Crippen molar-refractivity contribution in [2.45, 2.75) is 25.7 Å². The number of hydrogen-bond acceptors (Lipinski definition) is 3. The second kappa shape index (κ2) is 6.85. The first-order chi connectivity index (χ1) is 9.24. The summed E-state index contributed by atoms with van der Waals surface area (Å²) in [4.78, 5) is 13.6. The lowest BCUT2D eigenvalue weighted by Crippen LogP contribution is -2.34. The van der Waals surface area contributed by atoms with Crippen LogP contribution in [0.5, 0.6) is 0 Å². The fourth-order valence-electron chi connectivity index (χ4n) is 2.62. The number of carboxylic acids is 1. The van der Waals surface area contributed by atoms with E-state index >= 15 is 0 Å². The summed E-state index contributed by atoms with van der Waals surface area (Å²) in [5.74, 6) is 1.31. The SMILES string of the molecule is CCSCCCN1CCC(C(=O)O)c2ccccc21. The van der Waals surface area contributed by atoms with Crippen molar-refractivity contribution in [3.63, 3.8) is 0 Å². The average Bonchev–Trinajstić information content (AvgIpc) is 2.43. The lowest BCUT2D eigenvalue weighted by Gasteiger charge is -2.34. The van der Waals surface area contributed by atoms with Gasteiger partial charge in [0.05, 0.1) is 5.92 Å². The van der Waals surface area contributed by atoms with Crippen LogP contribution in [0.15, 0.2) is 24.3 Å². The van der Waals surface area contributed by atoms with Crippen molar-refractivity contribution < 1.29 is 9.90 Å². The largest absolute Gasteiger partial charge is 0.481 e. The van der Waals surface area contributed by atoms with Crippen LogP contribution in [-0.4, -0.2) is 35.7 Å². The van der Waals surface area contributed by atoms with Gasteiger partial charge in [0.15, 0.2) is 0 Å². The molecule has 1 aliphatic rings. The topological polar surface area (TPSA) is 40.5 Å². The summed E-state index contributed by atoms with van der Waals surface area (Å²) in [5.41, 5.74) is 2.09. The van der Waals surface area contributed by atoms with Crippen LogP contribution in [0.3, 0.4) is 0 Å². The van der Waals surface area contributed by atoms with E-state index in [1.807, 2.05) is 30.0 Å². The van der Waals surface area contributed by atoms with E-state index < -0.39 is 5.97 Å². The number of hydrogen-bond donors (Lipinski definition) is 1. The molecule has 2 rings (SSSR count). The van der Waals surface area contributed by atoms with E-state index in [9.17, 15) is 9.90 Å². The first-order valence-electron chi connectivity index (χ1n) is 6.88. The third-order valence-corrected chi connectivity index (χ3v) is 4.55. The maximum absolute atomic E-state index is 11.3. The van der Waals surface area contributed by atoms with Gasteiger partial charge in [0.2, 0.25) is 0 Å². The average molecular weight is 279 g/mol. The molecular formula is C15H21NO2S. The van der Waals surface area contributed by atoms with Crippen LogP contribution in [0.1, 0.15) is 31.2 Å². The maximum atomic E-state index is 11.3. The Labute approximate surface area is 119 Å². The molecule has 0 fully saturated rings. The summed E-state index contributed by atoms with van der Waals surface area (Å²) < 4.78 is 0. The number of nitrogens with zero attached hydrogens (tertiary/aromatic N) is 1. The van der Waals surface area contributed by atoms with Crippen LogP contribution in [-0.2, 0) is 4.79 Å². The predicted octanol–water partition coefficient (Wildman–Crippen LogP) is 3.21. The molecule has 0 saturated carbocycles. The van der Waals surface area contributed by atoms with Gasteiger partial charge in [-0.15, -0.1) is 0 Å². The van der Waals surface area contributed by atoms with Crippen LogP contribution < -0.4 is 4.90 Å². The molecule has 1 N–H and O–H groups in total. The first kappa shape index (κ1) is 14.3. The molecule has 1 unspecified atom stereocenters. The Kier molecular flexibility index (Phi) is 5.14. The van der Waals surface area contributed by atoms with Crippen LogP contribution in [0.4, 0.5) is 5.69 Å². The maximum Gasteiger partial charge on any atom is 0.311 e. The standard InChI is InChI=1S/C15H21NO2S/c1-2-19-11-5-9-16-10-8-13(15(17)18)12-6-3-4-7-14(12)16/h3-4,6-7,13H,2,5,8-11H2,1H3,(H,17,18). The number of carbonyl (C=O) groups is 1. The van der Waals surface area contributed by atoms with Gasteiger partial charge in [-0.05, 0) is 36.0 Å². The highest BCUT2D eigenvalue weighted by Crippen LogP contribution is 2.35. The molecule has 0 saturated heterocycles. The van der Waals surface area contributed by atoms with E-state index in [-0.39, 0.29) is 5.92 Å². The van der Waals surface area contributed by atoms with E-state index in [4.69, 9.17) is 0 Å². The molecule has 1 heterocycles. The number of benzene rings is 1. The molecule has 0 radical (unpaired) electrons. The van der Waals surface area contributed by atoms with Crippen molar-refractivity contribution >= 4 is 23.4 Å². The lowest BCUT2D eigenvalue weighted by atomic mass is 9.90. The zero-order chi connectivity index (χ0) is 13.7. The highest BCUT2D eigenvalue weighted by atomic mass is 32.2. The Morgan fingerprint density at radius 2 is 2.26 bits per heavy atom. The van der Waals surface area contributed by atoms with Crippen molar-refractivity contribution in [2.75, 3.05) is 29.5 Å². The molecule has 104 valence electrons. The number of para-hydroxylation sites is 1. The molecule has 3 nitrogen and oxygen atoms in total. The van der Waals surface area contributed by atoms with Crippen molar-refractivity contribution in [3.8, 4) is 0 Å². The third kappa shape index (κ3) is 3.44. The predicted molar refractivity (Wildman–Crippen MR) is 81.3 cm³/mol. The first-order valence-corrected chi connectivity index (χ1v) is 8.04. The van der Waals surface area contributed by atoms with E-state index in [1.54, 1.807) is 0 Å². The molecule has 1 aromatic carbocycles. The summed E-state index contributed by atoms with van der Waals surface area (Å²) >= 11 is 1.96. The van der Waals surface area contributed by atoms with Crippen LogP contribution in [0, 0.1) is 0 Å². The van der Waals surface area contributed by atoms with E-state index in [1.165, 1.54) is 5.75 Å². The van der Waals surface area contributed by atoms with Gasteiger partial charge < -0.3 is 10.0 Å². The van der Waals surface area contributed by atoms with Gasteiger partial charge in [-0.25, -0.2) is 0 Å². The molecule has 1 aliphatic heterocycles. The lowest BCUT2D eigenvalue weighted by molar-refractivity contribution is -0.139. The fraction of sp³-hybridized carbons (Fsp3) is 0.533. The van der Waals surface area contributed by atoms with E-state index in [0.29, 0.717) is 6.42 Å². The normalized spacial score (nSPS) is 18.2. The van der Waals surface area contributed by atoms with Crippen LogP contribution >= 0.6 is 11.8 Å². The zero-order valence-corrected chi connectivity index (χ0v) is 12.2. The highest BCUT2D eigenvalue weighted by molar-refractivity contribution is 7.99. The number of thioether (sulfide) groups is 1. The quantitative estimate of drug-likeness (QED) is 0.812. The summed E-state index contributed by atoms with van der Waals surface area (Å²) in [6, 6.07) is 7.94. The van der Waals surface area contributed by atoms with Gasteiger partial charge in [-0.3, -0.25) is 4.79 Å². The van der Waals surface area contributed by atoms with E-state index in [2.05, 4.69) is 17.9 Å². The van der Waals surface area contributed by atoms with Crippen molar-refractivity contribution in [1.29, 1.82) is 0 Å². The van der Waals surface area contributed by atoms with Gasteiger partial charge in [0.25, 0.3) is 0 Å². The van der Waals surface area contributed by atoms with Gasteiger partial charge in [-0.1, -0.05) is 25.1 Å². The second-order valence-electron chi connectivity index (χ2n) is 4.78. The smallest absolute Gasteiger partial charge is 0.311 e. The zero-order valence-electron chi connectivity index (χ0n) is 11.3. The van der Waals surface area contributed by atoms with Crippen LogP contribution in [0.2, 0.25) is 0 Å². The van der Waals surface area contributed by atoms with Gasteiger partial charge in [-0.2, -0.15) is 11.8 Å². The molecular weight excluding hydrogens is 258 g/mol. The Bertz CT molecular complexity index is 436. The molecule has 19 heavy (non-hydrogen) atoms. The fourth-order valence-corrected chi connectivity index (χ4v) is 3.24. The Balaban J connectivity index is 2.07. The molecule has 1 aromatic rings. The van der Waals surface area contributed by atoms with Crippen molar-refractivity contribution in [3.05, 3.63) is 29.8 Å². The summed E-state index contributed by atoms with van der Waals surface area (Å²) in [5, 5.41) is 9.30. The monoisotopic (exact) mass is 279 g/mol. The molecule has 4 heteroatoms. The Hall–Kier alpha value is -1.16. The summed E-state index contributed by atoms with van der Waals surface area (Å²) in [7, 11) is 0. The summed E-state index contributed by atoms with van der Waals surface area (Å²) in [6.45, 7) is 4.06. The summed E-state index contributed by atoms with van der Waals surface area (Å²) in [6.07, 6.45) is 1.87. The minimum Gasteiger partial charge on any atom is -0.481 e. The number of carboxylic acid groups (broad SMARTS) is 1. The second-order valence-corrected chi connectivity index (χ2v) is 6.17. The van der Waals surface area contributed by atoms with E-state index in [0.717, 1.165) is 36.5 Å². The minimum atomic E-state index is -0.700. The van der Waals surface area contributed by atoms with Crippen LogP contribution in [0.25, 0.3) is 0 Å². The molecule has 1 atom stereocenters. The van der Waals surface area contributed by atoms with Gasteiger partial charge in [0.1, 0.15) is 0 Å².